The maximum atomic E-state index is 7.00. The van der Waals surface area contributed by atoms with Gasteiger partial charge < -0.3 is 47.4 Å². The van der Waals surface area contributed by atoms with E-state index in [0.29, 0.717) is 33.0 Å². The summed E-state index contributed by atoms with van der Waals surface area (Å²) in [4.78, 5) is 0. The number of fused-ring (bicyclic) bond motifs is 1. The van der Waals surface area contributed by atoms with Crippen molar-refractivity contribution in [2.45, 2.75) is 101 Å². The predicted octanol–water partition coefficient (Wildman–Crippen LogP) is 9.00. The maximum Gasteiger partial charge on any atom is 0.187 e. The number of epoxide rings is 1. The largest absolute Gasteiger partial charge is 0.374 e. The number of hydrogen-bond acceptors (Lipinski definition) is 10. The highest BCUT2D eigenvalue weighted by Gasteiger charge is 2.59. The fraction of sp³-hybridized carbons (Fsp3) is 0.333. The van der Waals surface area contributed by atoms with Crippen molar-refractivity contribution in [2.24, 2.45) is 0 Å². The van der Waals surface area contributed by atoms with E-state index in [9.17, 15) is 0 Å². The zero-order chi connectivity index (χ0) is 43.2. The molecule has 9 rings (SSSR count). The predicted molar refractivity (Wildman–Crippen MR) is 239 cm³/mol. The van der Waals surface area contributed by atoms with Gasteiger partial charge in [-0.05, 0) is 33.4 Å². The summed E-state index contributed by atoms with van der Waals surface area (Å²) in [6, 6.07) is 60.6. The van der Waals surface area contributed by atoms with Crippen LogP contribution in [-0.2, 0) is 87.0 Å². The average molecular weight is 865 g/mol. The van der Waals surface area contributed by atoms with Crippen molar-refractivity contribution in [3.63, 3.8) is 0 Å². The fourth-order valence-electron chi connectivity index (χ4n) is 8.23. The van der Waals surface area contributed by atoms with Gasteiger partial charge in [0, 0.05) is 0 Å². The first-order valence-corrected chi connectivity index (χ1v) is 22.2. The Kier molecular flexibility index (Phi) is 15.7. The van der Waals surface area contributed by atoms with Gasteiger partial charge in [0.05, 0.1) is 52.9 Å². The topological polar surface area (TPSA) is 95.6 Å². The molecule has 0 spiro atoms. The van der Waals surface area contributed by atoms with E-state index in [2.05, 4.69) is 0 Å². The number of ether oxygens (including phenoxy) is 10. The van der Waals surface area contributed by atoms with Gasteiger partial charge >= 0.3 is 0 Å². The second-order valence-corrected chi connectivity index (χ2v) is 16.3. The third-order valence-electron chi connectivity index (χ3n) is 11.6. The molecule has 0 radical (unpaired) electrons. The van der Waals surface area contributed by atoms with Gasteiger partial charge in [-0.25, -0.2) is 0 Å². The van der Waals surface area contributed by atoms with E-state index in [4.69, 9.17) is 47.4 Å². The monoisotopic (exact) mass is 864 g/mol. The molecule has 6 aromatic rings. The molecule has 10 atom stereocenters. The molecule has 10 unspecified atom stereocenters. The Morgan fingerprint density at radius 1 is 0.297 bits per heavy atom. The van der Waals surface area contributed by atoms with E-state index in [1.54, 1.807) is 0 Å². The summed E-state index contributed by atoms with van der Waals surface area (Å²) in [7, 11) is 0. The van der Waals surface area contributed by atoms with Gasteiger partial charge in [0.25, 0.3) is 0 Å². The van der Waals surface area contributed by atoms with Crippen LogP contribution in [-0.4, -0.2) is 74.6 Å². The lowest BCUT2D eigenvalue weighted by Gasteiger charge is -2.46. The molecule has 0 N–H and O–H groups in total. The molecule has 3 aliphatic rings. The summed E-state index contributed by atoms with van der Waals surface area (Å²) in [6.07, 6.45) is -5.75. The molecular weight excluding hydrogens is 809 g/mol. The fourth-order valence-corrected chi connectivity index (χ4v) is 8.23. The standard InChI is InChI=1S/C54H56O10/c1-7-19-39(20-8-1)31-55-37-45-47(56-32-40-21-9-2-10-22-40)49(58-34-42-25-13-4-14-26-42)51(60-36-44-29-17-6-18-30-44)53(62-45)61-38-46-48(57-33-41-23-11-3-12-24-41)50(52-54(63-46)64-52)59-35-43-27-15-5-16-28-43/h1-30,45-54H,31-38H2. The van der Waals surface area contributed by atoms with Gasteiger partial charge in [-0.1, -0.05) is 182 Å². The highest BCUT2D eigenvalue weighted by Crippen LogP contribution is 2.40. The van der Waals surface area contributed by atoms with Crippen molar-refractivity contribution in [1.29, 1.82) is 0 Å². The van der Waals surface area contributed by atoms with E-state index in [1.807, 2.05) is 182 Å². The molecular formula is C54H56O10. The number of hydrogen-bond donors (Lipinski definition) is 0. The number of rotatable bonds is 22. The normalized spacial score (nSPS) is 26.2. The molecule has 10 heteroatoms. The molecule has 3 saturated heterocycles. The van der Waals surface area contributed by atoms with Crippen LogP contribution in [0.15, 0.2) is 182 Å². The Balaban J connectivity index is 1.01. The van der Waals surface area contributed by atoms with E-state index in [-0.39, 0.29) is 25.9 Å². The first-order chi connectivity index (χ1) is 31.7. The van der Waals surface area contributed by atoms with E-state index < -0.39 is 55.3 Å². The minimum absolute atomic E-state index is 0.0889. The molecule has 3 fully saturated rings. The van der Waals surface area contributed by atoms with Crippen molar-refractivity contribution >= 4 is 0 Å². The van der Waals surface area contributed by atoms with E-state index in [0.717, 1.165) is 33.4 Å². The maximum absolute atomic E-state index is 7.00. The van der Waals surface area contributed by atoms with Gasteiger partial charge in [0.15, 0.2) is 12.6 Å². The molecule has 3 heterocycles. The van der Waals surface area contributed by atoms with Crippen LogP contribution in [0.5, 0.6) is 0 Å². The molecule has 332 valence electrons. The third-order valence-corrected chi connectivity index (χ3v) is 11.6. The van der Waals surface area contributed by atoms with Crippen LogP contribution in [0.2, 0.25) is 0 Å². The molecule has 10 nitrogen and oxygen atoms in total. The van der Waals surface area contributed by atoms with Gasteiger partial charge in [-0.3, -0.25) is 0 Å². The molecule has 0 aromatic heterocycles. The highest BCUT2D eigenvalue weighted by atomic mass is 16.8. The van der Waals surface area contributed by atoms with Crippen molar-refractivity contribution in [3.05, 3.63) is 215 Å². The SMILES string of the molecule is c1ccc(COCC2OC(OCC3OC4OC4C(OCc4ccccc4)C3OCc3ccccc3)C(OCc3ccccc3)C(OCc3ccccc3)C2OCc2ccccc2)cc1. The second kappa shape index (κ2) is 22.7. The van der Waals surface area contributed by atoms with Gasteiger partial charge in [0.1, 0.15) is 48.8 Å². The van der Waals surface area contributed by atoms with Crippen LogP contribution in [0.3, 0.4) is 0 Å². The van der Waals surface area contributed by atoms with Crippen molar-refractivity contribution < 1.29 is 47.4 Å². The molecule has 3 aliphatic heterocycles. The molecule has 0 aliphatic carbocycles. The number of benzene rings is 6. The van der Waals surface area contributed by atoms with Crippen LogP contribution < -0.4 is 0 Å². The smallest absolute Gasteiger partial charge is 0.187 e. The summed E-state index contributed by atoms with van der Waals surface area (Å²) in [6.45, 7) is 2.37. The first-order valence-electron chi connectivity index (χ1n) is 22.2. The van der Waals surface area contributed by atoms with Gasteiger partial charge in [-0.15, -0.1) is 0 Å². The molecule has 0 amide bonds. The van der Waals surface area contributed by atoms with Crippen LogP contribution >= 0.6 is 0 Å². The van der Waals surface area contributed by atoms with Crippen LogP contribution in [0.1, 0.15) is 33.4 Å². The zero-order valence-electron chi connectivity index (χ0n) is 35.8. The first kappa shape index (κ1) is 44.1. The quantitative estimate of drug-likeness (QED) is 0.0616. The minimum atomic E-state index is -0.925. The molecule has 0 bridgehead atoms. The van der Waals surface area contributed by atoms with Crippen molar-refractivity contribution in [3.8, 4) is 0 Å². The highest BCUT2D eigenvalue weighted by molar-refractivity contribution is 5.18. The summed E-state index contributed by atoms with van der Waals surface area (Å²) >= 11 is 0. The Labute approximate surface area is 375 Å². The Bertz CT molecular complexity index is 2220. The summed E-state index contributed by atoms with van der Waals surface area (Å²) in [5.74, 6) is 0. The van der Waals surface area contributed by atoms with Crippen molar-refractivity contribution in [2.75, 3.05) is 13.2 Å². The Morgan fingerprint density at radius 3 is 1.08 bits per heavy atom. The van der Waals surface area contributed by atoms with E-state index >= 15 is 0 Å². The molecule has 6 aromatic carbocycles. The minimum Gasteiger partial charge on any atom is -0.374 e. The van der Waals surface area contributed by atoms with E-state index in [1.165, 1.54) is 0 Å². The van der Waals surface area contributed by atoms with Crippen LogP contribution in [0.4, 0.5) is 0 Å². The lowest BCUT2D eigenvalue weighted by Crippen LogP contribution is -2.62. The Morgan fingerprint density at radius 2 is 0.641 bits per heavy atom. The summed E-state index contributed by atoms with van der Waals surface area (Å²) in [5.41, 5.74) is 6.18. The van der Waals surface area contributed by atoms with Crippen LogP contribution in [0, 0.1) is 0 Å². The second-order valence-electron chi connectivity index (χ2n) is 16.3. The molecule has 0 saturated carbocycles. The van der Waals surface area contributed by atoms with Crippen LogP contribution in [0.25, 0.3) is 0 Å². The van der Waals surface area contributed by atoms with Crippen molar-refractivity contribution in [1.82, 2.24) is 0 Å². The lowest BCUT2D eigenvalue weighted by molar-refractivity contribution is -0.334. The Hall–Kier alpha value is -5.08. The zero-order valence-corrected chi connectivity index (χ0v) is 35.8. The summed E-state index contributed by atoms with van der Waals surface area (Å²) in [5, 5.41) is 0. The average Bonchev–Trinajstić information content (AvgIpc) is 4.14. The van der Waals surface area contributed by atoms with Gasteiger partial charge in [-0.2, -0.15) is 0 Å². The molecule has 64 heavy (non-hydrogen) atoms. The van der Waals surface area contributed by atoms with Gasteiger partial charge in [0.2, 0.25) is 0 Å². The lowest BCUT2D eigenvalue weighted by atomic mass is 9.97. The summed E-state index contributed by atoms with van der Waals surface area (Å²) < 4.78 is 67.0. The third kappa shape index (κ3) is 12.2.